The van der Waals surface area contributed by atoms with E-state index < -0.39 is 0 Å². The number of carbonyl (C=O) groups excluding carboxylic acids is 1. The minimum Gasteiger partial charge on any atom is -0.484 e. The molecule has 0 unspecified atom stereocenters. The van der Waals surface area contributed by atoms with Crippen LogP contribution in [-0.2, 0) is 11.2 Å². The van der Waals surface area contributed by atoms with Crippen LogP contribution in [0.4, 0.5) is 5.88 Å². The van der Waals surface area contributed by atoms with Gasteiger partial charge in [-0.05, 0) is 31.0 Å². The quantitative estimate of drug-likeness (QED) is 0.731. The molecule has 0 saturated heterocycles. The summed E-state index contributed by atoms with van der Waals surface area (Å²) < 4.78 is 10.6. The van der Waals surface area contributed by atoms with E-state index in [0.29, 0.717) is 17.3 Å². The Balaban J connectivity index is 1.55. The van der Waals surface area contributed by atoms with Crippen molar-refractivity contribution < 1.29 is 14.1 Å². The summed E-state index contributed by atoms with van der Waals surface area (Å²) >= 11 is 0. The van der Waals surface area contributed by atoms with Gasteiger partial charge in [-0.2, -0.15) is 0 Å². The van der Waals surface area contributed by atoms with E-state index in [2.05, 4.69) is 17.4 Å². The Morgan fingerprint density at radius 3 is 2.52 bits per heavy atom. The highest BCUT2D eigenvalue weighted by atomic mass is 16.5. The summed E-state index contributed by atoms with van der Waals surface area (Å²) in [5.41, 5.74) is 4.00. The number of nitrogens with zero attached hydrogens (tertiary/aromatic N) is 1. The Morgan fingerprint density at radius 2 is 1.84 bits per heavy atom. The number of nitrogens with one attached hydrogen (secondary N) is 1. The second-order valence-corrected chi connectivity index (χ2v) is 5.78. The smallest absolute Gasteiger partial charge is 0.264 e. The highest BCUT2D eigenvalue weighted by Gasteiger charge is 2.10. The average molecular weight is 336 g/mol. The third kappa shape index (κ3) is 4.47. The molecule has 0 aliphatic heterocycles. The van der Waals surface area contributed by atoms with Crippen LogP contribution < -0.4 is 10.1 Å². The summed E-state index contributed by atoms with van der Waals surface area (Å²) in [4.78, 5) is 12.0. The maximum Gasteiger partial charge on any atom is 0.264 e. The van der Waals surface area contributed by atoms with Crippen molar-refractivity contribution in [3.63, 3.8) is 0 Å². The van der Waals surface area contributed by atoms with E-state index in [-0.39, 0.29) is 12.5 Å². The average Bonchev–Trinajstić information content (AvgIpc) is 3.09. The van der Waals surface area contributed by atoms with Gasteiger partial charge >= 0.3 is 0 Å². The number of ether oxygens (including phenoxy) is 1. The monoisotopic (exact) mass is 336 g/mol. The fourth-order valence-electron chi connectivity index (χ4n) is 2.34. The molecule has 1 amide bonds. The van der Waals surface area contributed by atoms with Crippen LogP contribution in [-0.4, -0.2) is 17.7 Å². The van der Waals surface area contributed by atoms with Gasteiger partial charge in [-0.3, -0.25) is 10.1 Å². The zero-order valence-corrected chi connectivity index (χ0v) is 14.3. The van der Waals surface area contributed by atoms with Gasteiger partial charge in [0.2, 0.25) is 5.88 Å². The van der Waals surface area contributed by atoms with Gasteiger partial charge in [0, 0.05) is 11.6 Å². The van der Waals surface area contributed by atoms with Crippen LogP contribution >= 0.6 is 0 Å². The molecule has 1 N–H and O–H groups in total. The molecular weight excluding hydrogens is 316 g/mol. The largest absolute Gasteiger partial charge is 0.484 e. The number of amides is 1. The SMILES string of the molecule is CCc1ccc(OCC(=O)Nc2cc(-c3ccc(C)cc3)no2)cc1. The Labute approximate surface area is 146 Å². The van der Waals surface area contributed by atoms with Gasteiger partial charge < -0.3 is 9.26 Å². The van der Waals surface area contributed by atoms with Gasteiger partial charge in [0.1, 0.15) is 11.4 Å². The molecule has 0 aliphatic rings. The first kappa shape index (κ1) is 16.8. The normalized spacial score (nSPS) is 10.5. The summed E-state index contributed by atoms with van der Waals surface area (Å²) in [6.45, 7) is 4.02. The summed E-state index contributed by atoms with van der Waals surface area (Å²) in [5.74, 6) is 0.655. The molecule has 3 aromatic rings. The number of hydrogen-bond donors (Lipinski definition) is 1. The molecule has 0 fully saturated rings. The first-order valence-electron chi connectivity index (χ1n) is 8.19. The summed E-state index contributed by atoms with van der Waals surface area (Å²) in [7, 11) is 0. The van der Waals surface area contributed by atoms with Crippen LogP contribution in [0.5, 0.6) is 5.75 Å². The van der Waals surface area contributed by atoms with Crippen molar-refractivity contribution in [1.82, 2.24) is 5.16 Å². The number of aromatic nitrogens is 1. The first-order valence-corrected chi connectivity index (χ1v) is 8.19. The lowest BCUT2D eigenvalue weighted by Crippen LogP contribution is -2.19. The lowest BCUT2D eigenvalue weighted by Gasteiger charge is -2.06. The second-order valence-electron chi connectivity index (χ2n) is 5.78. The molecule has 1 aromatic heterocycles. The molecular formula is C20H20N2O3. The van der Waals surface area contributed by atoms with E-state index in [9.17, 15) is 4.79 Å². The lowest BCUT2D eigenvalue weighted by molar-refractivity contribution is -0.118. The molecule has 25 heavy (non-hydrogen) atoms. The first-order chi connectivity index (χ1) is 12.1. The van der Waals surface area contributed by atoms with Gasteiger partial charge in [0.15, 0.2) is 6.61 Å². The topological polar surface area (TPSA) is 64.4 Å². The third-order valence-corrected chi connectivity index (χ3v) is 3.82. The minimum absolute atomic E-state index is 0.0912. The van der Waals surface area contributed by atoms with Crippen molar-refractivity contribution in [3.8, 4) is 17.0 Å². The second kappa shape index (κ2) is 7.66. The van der Waals surface area contributed by atoms with Crippen LogP contribution in [0, 0.1) is 6.92 Å². The number of carbonyl (C=O) groups is 1. The summed E-state index contributed by atoms with van der Waals surface area (Å²) in [6.07, 6.45) is 0.968. The van der Waals surface area contributed by atoms with Crippen molar-refractivity contribution in [3.05, 3.63) is 65.7 Å². The van der Waals surface area contributed by atoms with Gasteiger partial charge in [0.25, 0.3) is 5.91 Å². The standard InChI is InChI=1S/C20H20N2O3/c1-3-15-6-10-17(11-7-15)24-13-19(23)21-20-12-18(22-25-20)16-8-4-14(2)5-9-16/h4-12H,3,13H2,1-2H3,(H,21,23). The van der Waals surface area contributed by atoms with Crippen LogP contribution in [0.1, 0.15) is 18.1 Å². The Kier molecular flexibility index (Phi) is 5.14. The van der Waals surface area contributed by atoms with Crippen molar-refractivity contribution in [2.45, 2.75) is 20.3 Å². The van der Waals surface area contributed by atoms with Gasteiger partial charge in [0.05, 0.1) is 0 Å². The van der Waals surface area contributed by atoms with Crippen LogP contribution in [0.15, 0.2) is 59.1 Å². The number of anilines is 1. The molecule has 5 heteroatoms. The zero-order chi connectivity index (χ0) is 17.6. The Hall–Kier alpha value is -3.08. The number of benzene rings is 2. The van der Waals surface area contributed by atoms with E-state index in [4.69, 9.17) is 9.26 Å². The predicted molar refractivity (Wildman–Crippen MR) is 96.6 cm³/mol. The maximum absolute atomic E-state index is 12.0. The molecule has 5 nitrogen and oxygen atoms in total. The van der Waals surface area contributed by atoms with Crippen molar-refractivity contribution in [1.29, 1.82) is 0 Å². The van der Waals surface area contributed by atoms with Gasteiger partial charge in [-0.15, -0.1) is 0 Å². The van der Waals surface area contributed by atoms with E-state index in [1.807, 2.05) is 55.5 Å². The molecule has 0 aliphatic carbocycles. The van der Waals surface area contributed by atoms with E-state index in [1.54, 1.807) is 6.07 Å². The third-order valence-electron chi connectivity index (χ3n) is 3.82. The van der Waals surface area contributed by atoms with E-state index in [1.165, 1.54) is 11.1 Å². The number of rotatable bonds is 6. The van der Waals surface area contributed by atoms with Crippen molar-refractivity contribution in [2.24, 2.45) is 0 Å². The number of aryl methyl sites for hydroxylation is 2. The molecule has 3 rings (SSSR count). The fraction of sp³-hybridized carbons (Fsp3) is 0.200. The Morgan fingerprint density at radius 1 is 1.12 bits per heavy atom. The van der Waals surface area contributed by atoms with Crippen LogP contribution in [0.3, 0.4) is 0 Å². The predicted octanol–water partition coefficient (Wildman–Crippen LogP) is 4.23. The Bertz CT molecular complexity index is 836. The van der Waals surface area contributed by atoms with Crippen LogP contribution in [0.25, 0.3) is 11.3 Å². The number of hydrogen-bond acceptors (Lipinski definition) is 4. The molecule has 0 saturated carbocycles. The summed E-state index contributed by atoms with van der Waals surface area (Å²) in [6, 6.07) is 17.3. The van der Waals surface area contributed by atoms with Crippen molar-refractivity contribution in [2.75, 3.05) is 11.9 Å². The molecule has 0 bridgehead atoms. The van der Waals surface area contributed by atoms with Crippen molar-refractivity contribution >= 4 is 11.8 Å². The lowest BCUT2D eigenvalue weighted by atomic mass is 10.1. The molecule has 0 radical (unpaired) electrons. The van der Waals surface area contributed by atoms with Gasteiger partial charge in [-0.1, -0.05) is 54.0 Å². The van der Waals surface area contributed by atoms with E-state index >= 15 is 0 Å². The minimum atomic E-state index is -0.300. The molecule has 128 valence electrons. The molecule has 0 atom stereocenters. The molecule has 1 heterocycles. The highest BCUT2D eigenvalue weighted by Crippen LogP contribution is 2.22. The highest BCUT2D eigenvalue weighted by molar-refractivity contribution is 5.91. The van der Waals surface area contributed by atoms with Crippen LogP contribution in [0.2, 0.25) is 0 Å². The maximum atomic E-state index is 12.0. The van der Waals surface area contributed by atoms with Gasteiger partial charge in [-0.25, -0.2) is 0 Å². The molecule has 0 spiro atoms. The zero-order valence-electron chi connectivity index (χ0n) is 14.3. The van der Waals surface area contributed by atoms with E-state index in [0.717, 1.165) is 12.0 Å². The fourth-order valence-corrected chi connectivity index (χ4v) is 2.34. The molecule has 2 aromatic carbocycles. The summed E-state index contributed by atoms with van der Waals surface area (Å²) in [5, 5.41) is 6.62.